The SMILES string of the molecule is CNC(c1ccccc1OC)c1ncc(C)cc1C. The minimum absolute atomic E-state index is 0.0387. The monoisotopic (exact) mass is 256 g/mol. The fourth-order valence-electron chi connectivity index (χ4n) is 2.37. The molecule has 0 saturated carbocycles. The molecule has 19 heavy (non-hydrogen) atoms. The van der Waals surface area contributed by atoms with E-state index in [4.69, 9.17) is 4.74 Å². The molecule has 2 rings (SSSR count). The van der Waals surface area contributed by atoms with E-state index in [1.165, 1.54) is 11.1 Å². The Morgan fingerprint density at radius 3 is 2.58 bits per heavy atom. The third-order valence-corrected chi connectivity index (χ3v) is 3.27. The summed E-state index contributed by atoms with van der Waals surface area (Å²) < 4.78 is 5.45. The Balaban J connectivity index is 2.50. The smallest absolute Gasteiger partial charge is 0.124 e. The van der Waals surface area contributed by atoms with Crippen LogP contribution in [0.5, 0.6) is 5.75 Å². The van der Waals surface area contributed by atoms with E-state index in [-0.39, 0.29) is 6.04 Å². The molecule has 1 aromatic carbocycles. The van der Waals surface area contributed by atoms with Gasteiger partial charge in [0.05, 0.1) is 18.8 Å². The molecule has 0 aliphatic heterocycles. The summed E-state index contributed by atoms with van der Waals surface area (Å²) in [4.78, 5) is 4.58. The number of rotatable bonds is 4. The maximum atomic E-state index is 5.45. The number of hydrogen-bond donors (Lipinski definition) is 1. The summed E-state index contributed by atoms with van der Waals surface area (Å²) in [5, 5.41) is 3.33. The van der Waals surface area contributed by atoms with Crippen molar-refractivity contribution in [1.29, 1.82) is 0 Å². The molecule has 2 aromatic rings. The van der Waals surface area contributed by atoms with Crippen molar-refractivity contribution in [2.45, 2.75) is 19.9 Å². The van der Waals surface area contributed by atoms with Gasteiger partial charge >= 0.3 is 0 Å². The fraction of sp³-hybridized carbons (Fsp3) is 0.312. The lowest BCUT2D eigenvalue weighted by molar-refractivity contribution is 0.405. The van der Waals surface area contributed by atoms with Crippen molar-refractivity contribution in [2.24, 2.45) is 0 Å². The van der Waals surface area contributed by atoms with E-state index in [9.17, 15) is 0 Å². The molecule has 0 aliphatic rings. The van der Waals surface area contributed by atoms with E-state index in [0.29, 0.717) is 0 Å². The predicted octanol–water partition coefficient (Wildman–Crippen LogP) is 3.02. The third kappa shape index (κ3) is 2.76. The standard InChI is InChI=1S/C16H20N2O/c1-11-9-12(2)15(18-10-11)16(17-3)13-7-5-6-8-14(13)19-4/h5-10,16-17H,1-4H3. The topological polar surface area (TPSA) is 34.1 Å². The first-order chi connectivity index (χ1) is 9.17. The van der Waals surface area contributed by atoms with E-state index in [1.807, 2.05) is 31.4 Å². The lowest BCUT2D eigenvalue weighted by Gasteiger charge is -2.20. The zero-order valence-corrected chi connectivity index (χ0v) is 11.9. The molecule has 3 heteroatoms. The second kappa shape index (κ2) is 5.85. The van der Waals surface area contributed by atoms with Crippen molar-refractivity contribution in [1.82, 2.24) is 10.3 Å². The number of aromatic nitrogens is 1. The Kier molecular flexibility index (Phi) is 4.17. The number of pyridine rings is 1. The van der Waals surface area contributed by atoms with E-state index < -0.39 is 0 Å². The van der Waals surface area contributed by atoms with Crippen LogP contribution >= 0.6 is 0 Å². The van der Waals surface area contributed by atoms with Gasteiger partial charge in [0.15, 0.2) is 0 Å². The molecular formula is C16H20N2O. The van der Waals surface area contributed by atoms with Crippen molar-refractivity contribution in [2.75, 3.05) is 14.2 Å². The zero-order chi connectivity index (χ0) is 13.8. The molecule has 1 N–H and O–H groups in total. The van der Waals surface area contributed by atoms with Crippen molar-refractivity contribution in [3.8, 4) is 5.75 Å². The van der Waals surface area contributed by atoms with Crippen LogP contribution in [-0.2, 0) is 0 Å². The highest BCUT2D eigenvalue weighted by Gasteiger charge is 2.19. The van der Waals surface area contributed by atoms with E-state index in [1.54, 1.807) is 7.11 Å². The molecule has 0 aliphatic carbocycles. The lowest BCUT2D eigenvalue weighted by Crippen LogP contribution is -2.20. The first-order valence-electron chi connectivity index (χ1n) is 6.40. The van der Waals surface area contributed by atoms with Crippen LogP contribution in [0.1, 0.15) is 28.4 Å². The molecule has 0 radical (unpaired) electrons. The first kappa shape index (κ1) is 13.6. The minimum atomic E-state index is 0.0387. The Labute approximate surface area is 114 Å². The van der Waals surface area contributed by atoms with Crippen LogP contribution in [0.4, 0.5) is 0 Å². The molecule has 100 valence electrons. The van der Waals surface area contributed by atoms with Crippen LogP contribution < -0.4 is 10.1 Å². The fourth-order valence-corrected chi connectivity index (χ4v) is 2.37. The second-order valence-electron chi connectivity index (χ2n) is 4.68. The molecule has 0 saturated heterocycles. The van der Waals surface area contributed by atoms with E-state index >= 15 is 0 Å². The quantitative estimate of drug-likeness (QED) is 0.913. The number of ether oxygens (including phenoxy) is 1. The first-order valence-corrected chi connectivity index (χ1v) is 6.40. The molecule has 1 atom stereocenters. The summed E-state index contributed by atoms with van der Waals surface area (Å²) in [7, 11) is 3.64. The number of hydrogen-bond acceptors (Lipinski definition) is 3. The van der Waals surface area contributed by atoms with Crippen LogP contribution in [-0.4, -0.2) is 19.1 Å². The van der Waals surface area contributed by atoms with Crippen LogP contribution in [0.25, 0.3) is 0 Å². The molecule has 1 unspecified atom stereocenters. The van der Waals surface area contributed by atoms with Crippen molar-refractivity contribution in [3.05, 3.63) is 58.9 Å². The largest absolute Gasteiger partial charge is 0.496 e. The van der Waals surface area contributed by atoms with Gasteiger partial charge in [0.1, 0.15) is 5.75 Å². The molecular weight excluding hydrogens is 236 g/mol. The second-order valence-corrected chi connectivity index (χ2v) is 4.68. The number of nitrogens with zero attached hydrogens (tertiary/aromatic N) is 1. The number of benzene rings is 1. The summed E-state index contributed by atoms with van der Waals surface area (Å²) in [5.41, 5.74) is 4.51. The van der Waals surface area contributed by atoms with Crippen LogP contribution in [0.15, 0.2) is 36.5 Å². The summed E-state index contributed by atoms with van der Waals surface area (Å²) in [6, 6.07) is 10.2. The Bertz CT molecular complexity index is 566. The predicted molar refractivity (Wildman–Crippen MR) is 77.6 cm³/mol. The van der Waals surface area contributed by atoms with Gasteiger partial charge in [-0.25, -0.2) is 0 Å². The lowest BCUT2D eigenvalue weighted by atomic mass is 9.98. The zero-order valence-electron chi connectivity index (χ0n) is 11.9. The highest BCUT2D eigenvalue weighted by molar-refractivity contribution is 5.42. The minimum Gasteiger partial charge on any atom is -0.496 e. The van der Waals surface area contributed by atoms with Crippen molar-refractivity contribution < 1.29 is 4.74 Å². The van der Waals surface area contributed by atoms with Gasteiger partial charge in [-0.1, -0.05) is 24.3 Å². The number of para-hydroxylation sites is 1. The molecule has 0 fully saturated rings. The third-order valence-electron chi connectivity index (χ3n) is 3.27. The average molecular weight is 256 g/mol. The van der Waals surface area contributed by atoms with Gasteiger partial charge < -0.3 is 10.1 Å². The van der Waals surface area contributed by atoms with Crippen LogP contribution in [0.2, 0.25) is 0 Å². The van der Waals surface area contributed by atoms with Gasteiger partial charge in [-0.05, 0) is 38.1 Å². The summed E-state index contributed by atoms with van der Waals surface area (Å²) in [6.45, 7) is 4.15. The maximum Gasteiger partial charge on any atom is 0.124 e. The Hall–Kier alpha value is -1.87. The normalized spacial score (nSPS) is 12.2. The molecule has 0 amide bonds. The molecule has 1 heterocycles. The summed E-state index contributed by atoms with van der Waals surface area (Å²) in [6.07, 6.45) is 1.90. The number of aryl methyl sites for hydroxylation is 2. The van der Waals surface area contributed by atoms with Crippen molar-refractivity contribution >= 4 is 0 Å². The van der Waals surface area contributed by atoms with Gasteiger partial charge in [0.25, 0.3) is 0 Å². The number of nitrogens with one attached hydrogen (secondary N) is 1. The van der Waals surface area contributed by atoms with Gasteiger partial charge in [0, 0.05) is 11.8 Å². The van der Waals surface area contributed by atoms with Crippen molar-refractivity contribution in [3.63, 3.8) is 0 Å². The average Bonchev–Trinajstić information content (AvgIpc) is 2.42. The Morgan fingerprint density at radius 1 is 1.21 bits per heavy atom. The highest BCUT2D eigenvalue weighted by atomic mass is 16.5. The van der Waals surface area contributed by atoms with Crippen LogP contribution in [0.3, 0.4) is 0 Å². The van der Waals surface area contributed by atoms with Crippen LogP contribution in [0, 0.1) is 13.8 Å². The van der Waals surface area contributed by atoms with Gasteiger partial charge in [-0.2, -0.15) is 0 Å². The Morgan fingerprint density at radius 2 is 1.95 bits per heavy atom. The molecule has 0 spiro atoms. The van der Waals surface area contributed by atoms with Gasteiger partial charge in [-0.3, -0.25) is 4.98 Å². The molecule has 3 nitrogen and oxygen atoms in total. The molecule has 1 aromatic heterocycles. The maximum absolute atomic E-state index is 5.45. The molecule has 0 bridgehead atoms. The number of methoxy groups -OCH3 is 1. The summed E-state index contributed by atoms with van der Waals surface area (Å²) in [5.74, 6) is 0.878. The van der Waals surface area contributed by atoms with E-state index in [0.717, 1.165) is 17.0 Å². The van der Waals surface area contributed by atoms with Gasteiger partial charge in [0.2, 0.25) is 0 Å². The summed E-state index contributed by atoms with van der Waals surface area (Å²) >= 11 is 0. The van der Waals surface area contributed by atoms with Gasteiger partial charge in [-0.15, -0.1) is 0 Å². The van der Waals surface area contributed by atoms with E-state index in [2.05, 4.69) is 36.3 Å². The highest BCUT2D eigenvalue weighted by Crippen LogP contribution is 2.30.